The van der Waals surface area contributed by atoms with E-state index in [1.165, 1.54) is 16.9 Å². The van der Waals surface area contributed by atoms with Gasteiger partial charge >= 0.3 is 0 Å². The fraction of sp³-hybridized carbons (Fsp3) is 0.455. The minimum Gasteiger partial charge on any atom is -0.379 e. The van der Waals surface area contributed by atoms with Gasteiger partial charge in [-0.3, -0.25) is 0 Å². The largest absolute Gasteiger partial charge is 0.379 e. The molecule has 1 atom stereocenters. The average molecular weight is 191 g/mol. The normalized spacial score (nSPS) is 20.2. The van der Waals surface area contributed by atoms with E-state index in [0.29, 0.717) is 12.6 Å². The number of anilines is 2. The SMILES string of the molecule is CC1CN(C)c2c(CN)cccc2N1. The van der Waals surface area contributed by atoms with Crippen molar-refractivity contribution >= 4 is 11.4 Å². The molecule has 76 valence electrons. The third-order valence-corrected chi connectivity index (χ3v) is 2.67. The number of hydrogen-bond donors (Lipinski definition) is 2. The summed E-state index contributed by atoms with van der Waals surface area (Å²) in [6.07, 6.45) is 0. The molecule has 1 aromatic carbocycles. The van der Waals surface area contributed by atoms with Crippen LogP contribution < -0.4 is 16.0 Å². The Hall–Kier alpha value is -1.22. The molecule has 0 aliphatic carbocycles. The van der Waals surface area contributed by atoms with E-state index in [-0.39, 0.29) is 0 Å². The van der Waals surface area contributed by atoms with Crippen molar-refractivity contribution in [1.29, 1.82) is 0 Å². The molecule has 1 aliphatic rings. The lowest BCUT2D eigenvalue weighted by Crippen LogP contribution is -2.38. The predicted octanol–water partition coefficient (Wildman–Crippen LogP) is 1.40. The molecule has 3 nitrogen and oxygen atoms in total. The Morgan fingerprint density at radius 2 is 2.36 bits per heavy atom. The van der Waals surface area contributed by atoms with E-state index in [0.717, 1.165) is 6.54 Å². The first kappa shape index (κ1) is 9.34. The van der Waals surface area contributed by atoms with Gasteiger partial charge in [0.2, 0.25) is 0 Å². The molecule has 1 aliphatic heterocycles. The van der Waals surface area contributed by atoms with Crippen LogP contribution >= 0.6 is 0 Å². The maximum absolute atomic E-state index is 5.72. The Morgan fingerprint density at radius 1 is 1.57 bits per heavy atom. The molecule has 0 bridgehead atoms. The third kappa shape index (κ3) is 1.44. The Bertz CT molecular complexity index is 335. The summed E-state index contributed by atoms with van der Waals surface area (Å²) >= 11 is 0. The van der Waals surface area contributed by atoms with Gasteiger partial charge in [-0.25, -0.2) is 0 Å². The molecule has 0 amide bonds. The number of benzene rings is 1. The van der Waals surface area contributed by atoms with Crippen molar-refractivity contribution < 1.29 is 0 Å². The molecule has 2 rings (SSSR count). The third-order valence-electron chi connectivity index (χ3n) is 2.67. The number of rotatable bonds is 1. The highest BCUT2D eigenvalue weighted by molar-refractivity contribution is 5.75. The van der Waals surface area contributed by atoms with Gasteiger partial charge in [0.25, 0.3) is 0 Å². The summed E-state index contributed by atoms with van der Waals surface area (Å²) in [6.45, 7) is 3.82. The van der Waals surface area contributed by atoms with E-state index in [4.69, 9.17) is 5.73 Å². The van der Waals surface area contributed by atoms with Gasteiger partial charge in [0.15, 0.2) is 0 Å². The summed E-state index contributed by atoms with van der Waals surface area (Å²) in [4.78, 5) is 2.28. The highest BCUT2D eigenvalue weighted by Crippen LogP contribution is 2.32. The second-order valence-electron chi connectivity index (χ2n) is 3.94. The van der Waals surface area contributed by atoms with Crippen LogP contribution in [-0.2, 0) is 6.54 Å². The Morgan fingerprint density at radius 3 is 3.07 bits per heavy atom. The number of hydrogen-bond acceptors (Lipinski definition) is 3. The lowest BCUT2D eigenvalue weighted by atomic mass is 10.1. The monoisotopic (exact) mass is 191 g/mol. The minimum atomic E-state index is 0.500. The molecular weight excluding hydrogens is 174 g/mol. The molecule has 3 heteroatoms. The van der Waals surface area contributed by atoms with Crippen LogP contribution in [0.25, 0.3) is 0 Å². The smallest absolute Gasteiger partial charge is 0.0645 e. The van der Waals surface area contributed by atoms with Crippen LogP contribution in [0.15, 0.2) is 18.2 Å². The zero-order valence-electron chi connectivity index (χ0n) is 8.75. The van der Waals surface area contributed by atoms with Crippen molar-refractivity contribution in [2.75, 3.05) is 23.8 Å². The van der Waals surface area contributed by atoms with Gasteiger partial charge in [-0.15, -0.1) is 0 Å². The van der Waals surface area contributed by atoms with Crippen molar-refractivity contribution in [3.8, 4) is 0 Å². The van der Waals surface area contributed by atoms with Gasteiger partial charge in [0.1, 0.15) is 0 Å². The molecule has 1 unspecified atom stereocenters. The molecule has 1 heterocycles. The molecule has 0 saturated carbocycles. The fourth-order valence-electron chi connectivity index (χ4n) is 2.14. The first-order valence-corrected chi connectivity index (χ1v) is 5.02. The zero-order valence-corrected chi connectivity index (χ0v) is 8.75. The summed E-state index contributed by atoms with van der Waals surface area (Å²) in [5.74, 6) is 0. The van der Waals surface area contributed by atoms with E-state index >= 15 is 0 Å². The van der Waals surface area contributed by atoms with Crippen molar-refractivity contribution in [2.24, 2.45) is 5.73 Å². The van der Waals surface area contributed by atoms with E-state index in [1.807, 2.05) is 0 Å². The Balaban J connectivity index is 2.47. The second kappa shape index (κ2) is 3.50. The summed E-state index contributed by atoms with van der Waals surface area (Å²) in [7, 11) is 2.12. The Kier molecular flexibility index (Phi) is 2.33. The fourth-order valence-corrected chi connectivity index (χ4v) is 2.14. The topological polar surface area (TPSA) is 41.3 Å². The Labute approximate surface area is 84.9 Å². The van der Waals surface area contributed by atoms with E-state index < -0.39 is 0 Å². The van der Waals surface area contributed by atoms with Crippen LogP contribution in [-0.4, -0.2) is 19.6 Å². The number of nitrogens with zero attached hydrogens (tertiary/aromatic N) is 1. The van der Waals surface area contributed by atoms with Crippen molar-refractivity contribution in [3.63, 3.8) is 0 Å². The highest BCUT2D eigenvalue weighted by atomic mass is 15.2. The van der Waals surface area contributed by atoms with E-state index in [1.54, 1.807) is 0 Å². The first-order valence-electron chi connectivity index (χ1n) is 5.02. The number of nitrogens with one attached hydrogen (secondary N) is 1. The highest BCUT2D eigenvalue weighted by Gasteiger charge is 2.19. The first-order chi connectivity index (χ1) is 6.72. The maximum Gasteiger partial charge on any atom is 0.0645 e. The quantitative estimate of drug-likeness (QED) is 0.705. The number of nitrogens with two attached hydrogens (primary N) is 1. The van der Waals surface area contributed by atoms with Crippen LogP contribution in [0.4, 0.5) is 11.4 Å². The molecular formula is C11H17N3. The molecule has 0 spiro atoms. The lowest BCUT2D eigenvalue weighted by molar-refractivity contribution is 0.733. The van der Waals surface area contributed by atoms with Gasteiger partial charge in [0.05, 0.1) is 11.4 Å². The lowest BCUT2D eigenvalue weighted by Gasteiger charge is -2.34. The number of para-hydroxylation sites is 1. The maximum atomic E-state index is 5.72. The second-order valence-corrected chi connectivity index (χ2v) is 3.94. The van der Waals surface area contributed by atoms with Crippen molar-refractivity contribution in [1.82, 2.24) is 0 Å². The van der Waals surface area contributed by atoms with Gasteiger partial charge in [-0.2, -0.15) is 0 Å². The summed E-state index contributed by atoms with van der Waals surface area (Å²) in [5, 5.41) is 3.47. The van der Waals surface area contributed by atoms with Crippen LogP contribution in [0.5, 0.6) is 0 Å². The molecule has 3 N–H and O–H groups in total. The summed E-state index contributed by atoms with van der Waals surface area (Å²) < 4.78 is 0. The molecule has 0 aromatic heterocycles. The number of likely N-dealkylation sites (N-methyl/N-ethyl adjacent to an activating group) is 1. The molecule has 14 heavy (non-hydrogen) atoms. The van der Waals surface area contributed by atoms with Gasteiger partial charge in [-0.05, 0) is 18.6 Å². The van der Waals surface area contributed by atoms with Crippen LogP contribution in [0, 0.1) is 0 Å². The zero-order chi connectivity index (χ0) is 10.1. The average Bonchev–Trinajstić information content (AvgIpc) is 2.16. The van der Waals surface area contributed by atoms with E-state index in [9.17, 15) is 0 Å². The number of fused-ring (bicyclic) bond motifs is 1. The molecule has 0 saturated heterocycles. The van der Waals surface area contributed by atoms with Gasteiger partial charge in [-0.1, -0.05) is 12.1 Å². The molecule has 0 radical (unpaired) electrons. The van der Waals surface area contributed by atoms with Crippen molar-refractivity contribution in [2.45, 2.75) is 19.5 Å². The van der Waals surface area contributed by atoms with Crippen LogP contribution in [0.1, 0.15) is 12.5 Å². The summed E-state index contributed by atoms with van der Waals surface area (Å²) in [5.41, 5.74) is 9.39. The molecule has 1 aromatic rings. The van der Waals surface area contributed by atoms with Gasteiger partial charge in [0, 0.05) is 26.2 Å². The van der Waals surface area contributed by atoms with E-state index in [2.05, 4.69) is 42.4 Å². The minimum absolute atomic E-state index is 0.500. The predicted molar refractivity (Wildman–Crippen MR) is 60.7 cm³/mol. The standard InChI is InChI=1S/C11H17N3/c1-8-7-14(2)11-9(6-12)4-3-5-10(11)13-8/h3-5,8,13H,6-7,12H2,1-2H3. The van der Waals surface area contributed by atoms with Crippen LogP contribution in [0.3, 0.4) is 0 Å². The van der Waals surface area contributed by atoms with Crippen molar-refractivity contribution in [3.05, 3.63) is 23.8 Å². The molecule has 0 fully saturated rings. The summed E-state index contributed by atoms with van der Waals surface area (Å²) in [6, 6.07) is 6.76. The van der Waals surface area contributed by atoms with Crippen LogP contribution in [0.2, 0.25) is 0 Å². The van der Waals surface area contributed by atoms with Gasteiger partial charge < -0.3 is 16.0 Å².